The van der Waals surface area contributed by atoms with Gasteiger partial charge < -0.3 is 0 Å². The average Bonchev–Trinajstić information content (AvgIpc) is 2.75. The summed E-state index contributed by atoms with van der Waals surface area (Å²) in [5.41, 5.74) is 3.07. The fourth-order valence-corrected chi connectivity index (χ4v) is 5.97. The van der Waals surface area contributed by atoms with Crippen LogP contribution in [0.25, 0.3) is 0 Å². The van der Waals surface area contributed by atoms with Crippen LogP contribution >= 0.6 is 31.9 Å². The van der Waals surface area contributed by atoms with Crippen molar-refractivity contribution in [2.24, 2.45) is 11.8 Å². The molecule has 0 amide bonds. The number of hydrogen-bond donors (Lipinski definition) is 0. The molecule has 114 valence electrons. The van der Waals surface area contributed by atoms with Crippen LogP contribution < -0.4 is 0 Å². The molecule has 0 saturated heterocycles. The molecule has 3 saturated carbocycles. The minimum Gasteiger partial charge on any atom is -0.0878 e. The number of alkyl halides is 2. The van der Waals surface area contributed by atoms with Gasteiger partial charge in [0.15, 0.2) is 0 Å². The minimum atomic E-state index is 0.586. The van der Waals surface area contributed by atoms with E-state index in [2.05, 4.69) is 92.5 Å². The normalized spacial score (nSPS) is 37.2. The summed E-state index contributed by atoms with van der Waals surface area (Å²) in [5, 5.41) is 0. The maximum absolute atomic E-state index is 3.92. The van der Waals surface area contributed by atoms with Crippen molar-refractivity contribution in [3.63, 3.8) is 0 Å². The van der Waals surface area contributed by atoms with Crippen LogP contribution in [0.4, 0.5) is 0 Å². The van der Waals surface area contributed by atoms with Gasteiger partial charge in [-0.2, -0.15) is 0 Å². The molecule has 0 aliphatic heterocycles. The first-order chi connectivity index (χ1) is 10.8. The highest BCUT2D eigenvalue weighted by Gasteiger charge is 2.54. The third kappa shape index (κ3) is 2.49. The Balaban J connectivity index is 1.71. The van der Waals surface area contributed by atoms with E-state index in [0.29, 0.717) is 21.5 Å². The number of rotatable bonds is 2. The van der Waals surface area contributed by atoms with Gasteiger partial charge in [0.2, 0.25) is 0 Å². The second kappa shape index (κ2) is 6.13. The monoisotopic (exact) mass is 418 g/mol. The maximum Gasteiger partial charge on any atom is 0.0274 e. The summed E-state index contributed by atoms with van der Waals surface area (Å²) in [7, 11) is 0. The van der Waals surface area contributed by atoms with Crippen molar-refractivity contribution in [2.75, 3.05) is 0 Å². The Morgan fingerprint density at radius 1 is 0.591 bits per heavy atom. The quantitative estimate of drug-likeness (QED) is 0.514. The molecule has 0 N–H and O–H groups in total. The summed E-state index contributed by atoms with van der Waals surface area (Å²) in [6, 6.07) is 22.3. The van der Waals surface area contributed by atoms with E-state index in [1.54, 1.807) is 0 Å². The number of halogens is 2. The van der Waals surface area contributed by atoms with Gasteiger partial charge >= 0.3 is 0 Å². The molecule has 0 heterocycles. The molecule has 2 aromatic rings. The fraction of sp³-hybridized carbons (Fsp3) is 0.400. The van der Waals surface area contributed by atoms with Crippen LogP contribution in [0.2, 0.25) is 0 Å². The molecule has 3 aliphatic carbocycles. The first-order valence-electron chi connectivity index (χ1n) is 8.13. The maximum atomic E-state index is 3.92. The Hall–Kier alpha value is -0.600. The van der Waals surface area contributed by atoms with Crippen LogP contribution in [0, 0.1) is 11.8 Å². The van der Waals surface area contributed by atoms with Crippen molar-refractivity contribution in [3.05, 3.63) is 71.8 Å². The molecule has 0 radical (unpaired) electrons. The number of benzene rings is 2. The molecule has 0 nitrogen and oxygen atoms in total. The lowest BCUT2D eigenvalue weighted by atomic mass is 9.52. The zero-order valence-corrected chi connectivity index (χ0v) is 15.6. The van der Waals surface area contributed by atoms with Gasteiger partial charge in [0, 0.05) is 9.65 Å². The van der Waals surface area contributed by atoms with E-state index in [9.17, 15) is 0 Å². The van der Waals surface area contributed by atoms with E-state index >= 15 is 0 Å². The molecular weight excluding hydrogens is 400 g/mol. The van der Waals surface area contributed by atoms with Crippen molar-refractivity contribution in [1.82, 2.24) is 0 Å². The zero-order valence-electron chi connectivity index (χ0n) is 12.4. The predicted molar refractivity (Wildman–Crippen MR) is 100 cm³/mol. The molecule has 3 aliphatic rings. The van der Waals surface area contributed by atoms with Crippen LogP contribution in [0.3, 0.4) is 0 Å². The lowest BCUT2D eigenvalue weighted by Gasteiger charge is -2.52. The lowest BCUT2D eigenvalue weighted by Crippen LogP contribution is -2.42. The molecule has 0 spiro atoms. The highest BCUT2D eigenvalue weighted by molar-refractivity contribution is 9.12. The zero-order chi connectivity index (χ0) is 15.1. The van der Waals surface area contributed by atoms with E-state index in [1.165, 1.54) is 24.0 Å². The first kappa shape index (κ1) is 15.0. The second-order valence-corrected chi connectivity index (χ2v) is 9.06. The average molecular weight is 420 g/mol. The summed E-state index contributed by atoms with van der Waals surface area (Å²) in [4.78, 5) is 1.17. The summed E-state index contributed by atoms with van der Waals surface area (Å²) >= 11 is 7.85. The highest BCUT2D eigenvalue weighted by Crippen LogP contribution is 2.63. The largest absolute Gasteiger partial charge is 0.0878 e. The lowest BCUT2D eigenvalue weighted by molar-refractivity contribution is 0.0998. The SMILES string of the molecule is Br[C@@H]1CC2C(c3ccccc3)C(C[C@H]1Br)C2c1ccccc1. The Labute approximate surface area is 149 Å². The van der Waals surface area contributed by atoms with Gasteiger partial charge in [-0.05, 0) is 47.6 Å². The minimum absolute atomic E-state index is 0.586. The van der Waals surface area contributed by atoms with Gasteiger partial charge in [-0.1, -0.05) is 92.5 Å². The van der Waals surface area contributed by atoms with Crippen LogP contribution in [0.5, 0.6) is 0 Å². The molecule has 5 rings (SSSR count). The van der Waals surface area contributed by atoms with Crippen molar-refractivity contribution in [2.45, 2.75) is 34.3 Å². The molecular formula is C20H20Br2. The predicted octanol–water partition coefficient (Wildman–Crippen LogP) is 6.12. The van der Waals surface area contributed by atoms with E-state index in [4.69, 9.17) is 0 Å². The molecule has 2 heteroatoms. The van der Waals surface area contributed by atoms with Crippen molar-refractivity contribution in [1.29, 1.82) is 0 Å². The Morgan fingerprint density at radius 2 is 0.955 bits per heavy atom. The molecule has 2 aromatic carbocycles. The van der Waals surface area contributed by atoms with Crippen molar-refractivity contribution < 1.29 is 0 Å². The van der Waals surface area contributed by atoms with Crippen molar-refractivity contribution >= 4 is 31.9 Å². The van der Waals surface area contributed by atoms with Crippen molar-refractivity contribution in [3.8, 4) is 0 Å². The van der Waals surface area contributed by atoms with Crippen LogP contribution in [-0.2, 0) is 0 Å². The van der Waals surface area contributed by atoms with E-state index in [0.717, 1.165) is 11.8 Å². The summed E-state index contributed by atoms with van der Waals surface area (Å²) in [6.45, 7) is 0. The van der Waals surface area contributed by atoms with Gasteiger partial charge in [0.25, 0.3) is 0 Å². The van der Waals surface area contributed by atoms with Crippen LogP contribution in [0.1, 0.15) is 35.8 Å². The van der Waals surface area contributed by atoms with Crippen LogP contribution in [-0.4, -0.2) is 9.65 Å². The first-order valence-corrected chi connectivity index (χ1v) is 9.97. The summed E-state index contributed by atoms with van der Waals surface area (Å²) in [6.07, 6.45) is 2.51. The second-order valence-electron chi connectivity index (χ2n) is 6.70. The van der Waals surface area contributed by atoms with E-state index in [1.807, 2.05) is 0 Å². The molecule has 2 atom stereocenters. The Bertz CT molecular complexity index is 559. The van der Waals surface area contributed by atoms with Gasteiger partial charge in [-0.15, -0.1) is 0 Å². The fourth-order valence-electron chi connectivity index (χ4n) is 4.68. The third-order valence-corrected chi connectivity index (χ3v) is 8.33. The molecule has 0 unspecified atom stereocenters. The molecule has 0 aromatic heterocycles. The molecule has 22 heavy (non-hydrogen) atoms. The van der Waals surface area contributed by atoms with Gasteiger partial charge in [0.1, 0.15) is 0 Å². The summed E-state index contributed by atoms with van der Waals surface area (Å²) < 4.78 is 0. The van der Waals surface area contributed by atoms with Gasteiger partial charge in [0.05, 0.1) is 0 Å². The van der Waals surface area contributed by atoms with E-state index < -0.39 is 0 Å². The van der Waals surface area contributed by atoms with Gasteiger partial charge in [-0.25, -0.2) is 0 Å². The standard InChI is InChI=1S/C20H20Br2/c21-17-11-15-19(13-7-3-1-4-8-13)16(12-18(17)22)20(15)14-9-5-2-6-10-14/h1-10,15-20H,11-12H2/t15?,16?,17-,18-,19?,20?/m1/s1. The van der Waals surface area contributed by atoms with Crippen LogP contribution in [0.15, 0.2) is 60.7 Å². The Morgan fingerprint density at radius 3 is 1.32 bits per heavy atom. The molecule has 2 bridgehead atoms. The number of fused-ring (bicyclic) bond motifs is 3. The van der Waals surface area contributed by atoms with E-state index in [-0.39, 0.29) is 0 Å². The highest BCUT2D eigenvalue weighted by atomic mass is 79.9. The molecule has 3 fully saturated rings. The smallest absolute Gasteiger partial charge is 0.0274 e. The topological polar surface area (TPSA) is 0 Å². The van der Waals surface area contributed by atoms with Gasteiger partial charge in [-0.3, -0.25) is 0 Å². The number of hydrogen-bond acceptors (Lipinski definition) is 0. The summed E-state index contributed by atoms with van der Waals surface area (Å²) in [5.74, 6) is 2.94. The third-order valence-electron chi connectivity index (χ3n) is 5.60. The Kier molecular flexibility index (Phi) is 4.17.